The topological polar surface area (TPSA) is 76.2 Å². The number of hydrogen-bond acceptors (Lipinski definition) is 4. The summed E-state index contributed by atoms with van der Waals surface area (Å²) in [6.45, 7) is 1.91. The molecule has 2 aromatic carbocycles. The van der Waals surface area contributed by atoms with Crippen molar-refractivity contribution in [3.63, 3.8) is 0 Å². The van der Waals surface area contributed by atoms with E-state index in [0.717, 1.165) is 15.6 Å². The van der Waals surface area contributed by atoms with Gasteiger partial charge in [0, 0.05) is 10.0 Å². The normalized spacial score (nSPS) is 11.7. The van der Waals surface area contributed by atoms with Crippen LogP contribution in [0.4, 0.5) is 0 Å². The molecule has 7 heteroatoms. The number of carbonyl (C=O) groups is 1. The molecule has 1 heterocycles. The molecule has 0 fully saturated rings. The van der Waals surface area contributed by atoms with Crippen LogP contribution in [0.15, 0.2) is 53.1 Å². The third-order valence-electron chi connectivity index (χ3n) is 4.25. The molecule has 1 atom stereocenters. The maximum absolute atomic E-state index is 12.8. The fraction of sp³-hybridized carbons (Fsp3) is 0.200. The Hall–Kier alpha value is -2.80. The van der Waals surface area contributed by atoms with Crippen molar-refractivity contribution in [3.05, 3.63) is 64.3 Å². The van der Waals surface area contributed by atoms with Gasteiger partial charge in [-0.2, -0.15) is 5.10 Å². The molecule has 6 nitrogen and oxygen atoms in total. The highest BCUT2D eigenvalue weighted by Crippen LogP contribution is 2.30. The van der Waals surface area contributed by atoms with Crippen molar-refractivity contribution >= 4 is 21.8 Å². The minimum Gasteiger partial charge on any atom is -0.493 e. The lowest BCUT2D eigenvalue weighted by atomic mass is 10.1. The summed E-state index contributed by atoms with van der Waals surface area (Å²) in [5, 5.41) is 9.96. The van der Waals surface area contributed by atoms with Gasteiger partial charge in [0.2, 0.25) is 0 Å². The second-order valence-corrected chi connectivity index (χ2v) is 6.89. The summed E-state index contributed by atoms with van der Waals surface area (Å²) in [5.74, 6) is 1.06. The maximum Gasteiger partial charge on any atom is 0.255 e. The Morgan fingerprint density at radius 3 is 2.63 bits per heavy atom. The number of benzene rings is 2. The molecular weight excluding hydrogens is 410 g/mol. The second kappa shape index (κ2) is 8.26. The number of aromatic nitrogens is 2. The van der Waals surface area contributed by atoms with E-state index in [1.165, 1.54) is 6.20 Å². The van der Waals surface area contributed by atoms with Crippen LogP contribution in [0, 0.1) is 0 Å². The van der Waals surface area contributed by atoms with Crippen molar-refractivity contribution in [2.24, 2.45) is 0 Å². The molecule has 0 radical (unpaired) electrons. The van der Waals surface area contributed by atoms with Crippen LogP contribution < -0.4 is 14.8 Å². The standard InChI is InChI=1S/C20H20BrN3O3/c1-12(13-7-8-17(26-2)18(10-13)27-3)23-20(25)16-11-22-24-19(16)14-5-4-6-15(21)9-14/h4-12H,1-3H3,(H,22,24)(H,23,25)/t12-/m1/s1. The van der Waals surface area contributed by atoms with E-state index >= 15 is 0 Å². The van der Waals surface area contributed by atoms with Gasteiger partial charge in [0.15, 0.2) is 11.5 Å². The smallest absolute Gasteiger partial charge is 0.255 e. The molecule has 1 aromatic heterocycles. The zero-order valence-corrected chi connectivity index (χ0v) is 16.8. The summed E-state index contributed by atoms with van der Waals surface area (Å²) in [7, 11) is 3.17. The maximum atomic E-state index is 12.8. The number of nitrogens with zero attached hydrogens (tertiary/aromatic N) is 1. The number of ether oxygens (including phenoxy) is 2. The first kappa shape index (κ1) is 19.0. The largest absolute Gasteiger partial charge is 0.493 e. The van der Waals surface area contributed by atoms with Gasteiger partial charge in [-0.3, -0.25) is 9.89 Å². The van der Waals surface area contributed by atoms with E-state index in [-0.39, 0.29) is 11.9 Å². The SMILES string of the molecule is COc1ccc([C@@H](C)NC(=O)c2cn[nH]c2-c2cccc(Br)c2)cc1OC. The summed E-state index contributed by atoms with van der Waals surface area (Å²) in [4.78, 5) is 12.8. The van der Waals surface area contributed by atoms with Crippen LogP contribution in [-0.4, -0.2) is 30.3 Å². The first-order chi connectivity index (χ1) is 13.0. The second-order valence-electron chi connectivity index (χ2n) is 5.98. The fourth-order valence-corrected chi connectivity index (χ4v) is 3.20. The highest BCUT2D eigenvalue weighted by Gasteiger charge is 2.19. The molecule has 0 saturated carbocycles. The number of carbonyl (C=O) groups excluding carboxylic acids is 1. The molecule has 0 unspecified atom stereocenters. The van der Waals surface area contributed by atoms with E-state index in [9.17, 15) is 4.79 Å². The number of hydrogen-bond donors (Lipinski definition) is 2. The lowest BCUT2D eigenvalue weighted by Crippen LogP contribution is -2.26. The lowest BCUT2D eigenvalue weighted by molar-refractivity contribution is 0.0940. The van der Waals surface area contributed by atoms with Gasteiger partial charge in [0.1, 0.15) is 0 Å². The zero-order valence-electron chi connectivity index (χ0n) is 15.2. The molecule has 3 aromatic rings. The van der Waals surface area contributed by atoms with Crippen LogP contribution in [-0.2, 0) is 0 Å². The van der Waals surface area contributed by atoms with Gasteiger partial charge in [-0.1, -0.05) is 34.1 Å². The van der Waals surface area contributed by atoms with Crippen LogP contribution in [0.3, 0.4) is 0 Å². The Morgan fingerprint density at radius 2 is 1.93 bits per heavy atom. The first-order valence-electron chi connectivity index (χ1n) is 8.35. The van der Waals surface area contributed by atoms with Crippen LogP contribution in [0.1, 0.15) is 28.9 Å². The number of methoxy groups -OCH3 is 2. The lowest BCUT2D eigenvalue weighted by Gasteiger charge is -2.16. The van der Waals surface area contributed by atoms with Crippen molar-refractivity contribution < 1.29 is 14.3 Å². The van der Waals surface area contributed by atoms with Crippen LogP contribution in [0.25, 0.3) is 11.3 Å². The van der Waals surface area contributed by atoms with Gasteiger partial charge in [-0.05, 0) is 36.8 Å². The van der Waals surface area contributed by atoms with Gasteiger partial charge in [-0.25, -0.2) is 0 Å². The zero-order chi connectivity index (χ0) is 19.4. The monoisotopic (exact) mass is 429 g/mol. The van der Waals surface area contributed by atoms with Gasteiger partial charge in [0.05, 0.1) is 37.7 Å². The number of rotatable bonds is 6. The Balaban J connectivity index is 1.81. The van der Waals surface area contributed by atoms with Crippen molar-refractivity contribution in [1.82, 2.24) is 15.5 Å². The Morgan fingerprint density at radius 1 is 1.15 bits per heavy atom. The predicted molar refractivity (Wildman–Crippen MR) is 107 cm³/mol. The molecule has 1 amide bonds. The Labute approximate surface area is 166 Å². The van der Waals surface area contributed by atoms with Crippen molar-refractivity contribution in [3.8, 4) is 22.8 Å². The average molecular weight is 430 g/mol. The highest BCUT2D eigenvalue weighted by atomic mass is 79.9. The third-order valence-corrected chi connectivity index (χ3v) is 4.75. The van der Waals surface area contributed by atoms with E-state index in [1.807, 2.05) is 49.4 Å². The Bertz CT molecular complexity index is 955. The summed E-state index contributed by atoms with van der Waals surface area (Å²) in [6, 6.07) is 13.1. The minimum absolute atomic E-state index is 0.207. The summed E-state index contributed by atoms with van der Waals surface area (Å²) >= 11 is 3.45. The van der Waals surface area contributed by atoms with E-state index in [1.54, 1.807) is 14.2 Å². The van der Waals surface area contributed by atoms with Gasteiger partial charge >= 0.3 is 0 Å². The first-order valence-corrected chi connectivity index (χ1v) is 9.15. The van der Waals surface area contributed by atoms with Gasteiger partial charge in [-0.15, -0.1) is 0 Å². The molecule has 3 rings (SSSR count). The molecule has 0 saturated heterocycles. The minimum atomic E-state index is -0.220. The number of aromatic amines is 1. The van der Waals surface area contributed by atoms with Crippen LogP contribution in [0.2, 0.25) is 0 Å². The van der Waals surface area contributed by atoms with E-state index < -0.39 is 0 Å². The van der Waals surface area contributed by atoms with Crippen molar-refractivity contribution in [2.45, 2.75) is 13.0 Å². The third kappa shape index (κ3) is 4.14. The highest BCUT2D eigenvalue weighted by molar-refractivity contribution is 9.10. The molecule has 0 aliphatic heterocycles. The molecule has 0 spiro atoms. The molecule has 2 N–H and O–H groups in total. The van der Waals surface area contributed by atoms with Crippen molar-refractivity contribution in [1.29, 1.82) is 0 Å². The van der Waals surface area contributed by atoms with Crippen LogP contribution in [0.5, 0.6) is 11.5 Å². The van der Waals surface area contributed by atoms with Crippen molar-refractivity contribution in [2.75, 3.05) is 14.2 Å². The van der Waals surface area contributed by atoms with Gasteiger partial charge in [0.25, 0.3) is 5.91 Å². The number of amides is 1. The molecule has 140 valence electrons. The fourth-order valence-electron chi connectivity index (χ4n) is 2.80. The summed E-state index contributed by atoms with van der Waals surface area (Å²) in [5.41, 5.74) is 2.95. The predicted octanol–water partition coefficient (Wildman–Crippen LogP) is 4.35. The average Bonchev–Trinajstić information content (AvgIpc) is 3.17. The quantitative estimate of drug-likeness (QED) is 0.610. The van der Waals surface area contributed by atoms with Crippen LogP contribution >= 0.6 is 15.9 Å². The molecule has 0 aliphatic rings. The van der Waals surface area contributed by atoms with E-state index in [0.29, 0.717) is 22.8 Å². The molecule has 0 aliphatic carbocycles. The Kier molecular flexibility index (Phi) is 5.81. The number of halogens is 1. The van der Waals surface area contributed by atoms with Gasteiger partial charge < -0.3 is 14.8 Å². The van der Waals surface area contributed by atoms with E-state index in [2.05, 4.69) is 31.4 Å². The summed E-state index contributed by atoms with van der Waals surface area (Å²) in [6.07, 6.45) is 1.53. The number of H-pyrrole nitrogens is 1. The molecular formula is C20H20BrN3O3. The molecule has 27 heavy (non-hydrogen) atoms. The van der Waals surface area contributed by atoms with E-state index in [4.69, 9.17) is 9.47 Å². The number of nitrogens with one attached hydrogen (secondary N) is 2. The molecule has 0 bridgehead atoms. The summed E-state index contributed by atoms with van der Waals surface area (Å²) < 4.78 is 11.5.